The topological polar surface area (TPSA) is 104 Å². The summed E-state index contributed by atoms with van der Waals surface area (Å²) in [5.41, 5.74) is 0.396. The molecule has 0 bridgehead atoms. The second-order valence-corrected chi connectivity index (χ2v) is 6.40. The highest BCUT2D eigenvalue weighted by Gasteiger charge is 2.16. The van der Waals surface area contributed by atoms with Crippen molar-refractivity contribution >= 4 is 11.9 Å². The van der Waals surface area contributed by atoms with Crippen molar-refractivity contribution in [2.45, 2.75) is 33.2 Å². The molecule has 2 aromatic rings. The number of benzene rings is 1. The van der Waals surface area contributed by atoms with E-state index in [1.165, 1.54) is 18.3 Å². The van der Waals surface area contributed by atoms with Gasteiger partial charge in [-0.3, -0.25) is 0 Å². The van der Waals surface area contributed by atoms with Crippen LogP contribution in [0.4, 0.5) is 10.6 Å². The van der Waals surface area contributed by atoms with E-state index in [4.69, 9.17) is 9.47 Å². The Bertz CT molecular complexity index is 782. The van der Waals surface area contributed by atoms with Gasteiger partial charge in [0.1, 0.15) is 11.5 Å². The van der Waals surface area contributed by atoms with Crippen LogP contribution < -0.4 is 14.8 Å². The van der Waals surface area contributed by atoms with Crippen LogP contribution in [0.2, 0.25) is 0 Å². The molecule has 0 aliphatic rings. The SMILES string of the molecule is Cc1ccc(OC(=O)NC(C)(C)C)cc1Oc1ccc([N+](=O)[O-])nc1. The highest BCUT2D eigenvalue weighted by atomic mass is 16.6. The van der Waals surface area contributed by atoms with E-state index in [2.05, 4.69) is 10.3 Å². The number of carbonyl (C=O) groups is 1. The number of pyridine rings is 1. The molecule has 0 spiro atoms. The van der Waals surface area contributed by atoms with Gasteiger partial charge in [-0.2, -0.15) is 0 Å². The quantitative estimate of drug-likeness (QED) is 0.664. The average molecular weight is 345 g/mol. The summed E-state index contributed by atoms with van der Waals surface area (Å²) in [4.78, 5) is 25.6. The van der Waals surface area contributed by atoms with Crippen LogP contribution in [0.25, 0.3) is 0 Å². The third-order valence-electron chi connectivity index (χ3n) is 2.98. The van der Waals surface area contributed by atoms with Crippen LogP contribution in [0.1, 0.15) is 26.3 Å². The van der Waals surface area contributed by atoms with Crippen LogP contribution in [-0.4, -0.2) is 21.5 Å². The average Bonchev–Trinajstić information content (AvgIpc) is 2.49. The van der Waals surface area contributed by atoms with E-state index in [-0.39, 0.29) is 5.82 Å². The van der Waals surface area contributed by atoms with Crippen LogP contribution in [0, 0.1) is 17.0 Å². The van der Waals surface area contributed by atoms with Crippen LogP contribution in [-0.2, 0) is 0 Å². The second-order valence-electron chi connectivity index (χ2n) is 6.40. The van der Waals surface area contributed by atoms with E-state index >= 15 is 0 Å². The van der Waals surface area contributed by atoms with E-state index in [1.54, 1.807) is 18.2 Å². The lowest BCUT2D eigenvalue weighted by atomic mass is 10.1. The Morgan fingerprint density at radius 2 is 1.88 bits per heavy atom. The predicted octanol–water partition coefficient (Wildman–Crippen LogP) is 3.98. The summed E-state index contributed by atoms with van der Waals surface area (Å²) in [7, 11) is 0. The molecule has 1 N–H and O–H groups in total. The van der Waals surface area contributed by atoms with Crippen molar-refractivity contribution < 1.29 is 19.2 Å². The molecule has 1 heterocycles. The van der Waals surface area contributed by atoms with Crippen LogP contribution >= 0.6 is 0 Å². The highest BCUT2D eigenvalue weighted by molar-refractivity contribution is 5.71. The van der Waals surface area contributed by atoms with Crippen molar-refractivity contribution in [2.24, 2.45) is 0 Å². The van der Waals surface area contributed by atoms with Crippen LogP contribution in [0.5, 0.6) is 17.2 Å². The molecule has 132 valence electrons. The fourth-order valence-electron chi connectivity index (χ4n) is 1.86. The summed E-state index contributed by atoms with van der Waals surface area (Å²) < 4.78 is 10.9. The van der Waals surface area contributed by atoms with Crippen molar-refractivity contribution in [3.05, 3.63) is 52.2 Å². The van der Waals surface area contributed by atoms with Gasteiger partial charge in [-0.1, -0.05) is 6.07 Å². The zero-order valence-corrected chi connectivity index (χ0v) is 14.4. The minimum absolute atomic E-state index is 0.264. The van der Waals surface area contributed by atoms with Crippen molar-refractivity contribution in [1.29, 1.82) is 0 Å². The zero-order valence-electron chi connectivity index (χ0n) is 14.4. The minimum Gasteiger partial charge on any atom is -0.453 e. The number of nitrogens with zero attached hydrogens (tertiary/aromatic N) is 2. The van der Waals surface area contributed by atoms with Gasteiger partial charge in [0, 0.05) is 17.7 Å². The Kier molecular flexibility index (Phi) is 5.21. The van der Waals surface area contributed by atoms with E-state index in [9.17, 15) is 14.9 Å². The van der Waals surface area contributed by atoms with E-state index in [0.717, 1.165) is 5.56 Å². The fourth-order valence-corrected chi connectivity index (χ4v) is 1.86. The number of nitro groups is 1. The molecule has 0 aliphatic heterocycles. The largest absolute Gasteiger partial charge is 0.453 e. The normalized spacial score (nSPS) is 10.9. The Morgan fingerprint density at radius 1 is 1.20 bits per heavy atom. The number of ether oxygens (including phenoxy) is 2. The van der Waals surface area contributed by atoms with Crippen LogP contribution in [0.3, 0.4) is 0 Å². The summed E-state index contributed by atoms with van der Waals surface area (Å²) >= 11 is 0. The summed E-state index contributed by atoms with van der Waals surface area (Å²) in [6, 6.07) is 7.66. The Balaban J connectivity index is 2.13. The number of amides is 1. The van der Waals surface area contributed by atoms with Gasteiger partial charge in [0.15, 0.2) is 11.9 Å². The fraction of sp³-hybridized carbons (Fsp3) is 0.294. The first kappa shape index (κ1) is 18.2. The highest BCUT2D eigenvalue weighted by Crippen LogP contribution is 2.29. The van der Waals surface area contributed by atoms with Gasteiger partial charge in [0.25, 0.3) is 0 Å². The molecule has 25 heavy (non-hydrogen) atoms. The summed E-state index contributed by atoms with van der Waals surface area (Å²) in [5.74, 6) is 0.846. The first-order valence-corrected chi connectivity index (χ1v) is 7.53. The Hall–Kier alpha value is -3.16. The standard InChI is InChI=1S/C17H19N3O5/c1-11-5-6-12(25-16(21)19-17(2,3)4)9-14(11)24-13-7-8-15(18-10-13)20(22)23/h5-10H,1-4H3,(H,19,21). The van der Waals surface area contributed by atoms with Gasteiger partial charge in [-0.25, -0.2) is 4.79 Å². The molecule has 0 unspecified atom stereocenters. The van der Waals surface area contributed by atoms with E-state index in [0.29, 0.717) is 17.2 Å². The van der Waals surface area contributed by atoms with Gasteiger partial charge in [0.05, 0.1) is 0 Å². The Morgan fingerprint density at radius 3 is 2.44 bits per heavy atom. The van der Waals surface area contributed by atoms with Crippen molar-refractivity contribution in [3.8, 4) is 17.2 Å². The minimum atomic E-state index is -0.586. The number of hydrogen-bond acceptors (Lipinski definition) is 6. The monoisotopic (exact) mass is 345 g/mol. The number of aryl methyl sites for hydroxylation is 1. The third kappa shape index (κ3) is 5.45. The smallest absolute Gasteiger partial charge is 0.413 e. The molecule has 0 aliphatic carbocycles. The lowest BCUT2D eigenvalue weighted by Gasteiger charge is -2.20. The third-order valence-corrected chi connectivity index (χ3v) is 2.98. The summed E-state index contributed by atoms with van der Waals surface area (Å²) in [6.07, 6.45) is 0.691. The molecule has 8 nitrogen and oxygen atoms in total. The zero-order chi connectivity index (χ0) is 18.6. The maximum atomic E-state index is 11.8. The van der Waals surface area contributed by atoms with Gasteiger partial charge >= 0.3 is 11.9 Å². The first-order valence-electron chi connectivity index (χ1n) is 7.53. The molecule has 1 aromatic heterocycles. The molecule has 0 saturated heterocycles. The molecule has 8 heteroatoms. The van der Waals surface area contributed by atoms with E-state index in [1.807, 2.05) is 27.7 Å². The number of aromatic nitrogens is 1. The van der Waals surface area contributed by atoms with Gasteiger partial charge in [0.2, 0.25) is 0 Å². The van der Waals surface area contributed by atoms with E-state index < -0.39 is 16.6 Å². The molecule has 0 atom stereocenters. The first-order chi connectivity index (χ1) is 11.6. The summed E-state index contributed by atoms with van der Waals surface area (Å²) in [6.45, 7) is 7.37. The molecule has 0 saturated carbocycles. The maximum Gasteiger partial charge on any atom is 0.413 e. The summed E-state index contributed by atoms with van der Waals surface area (Å²) in [5, 5.41) is 13.3. The van der Waals surface area contributed by atoms with Crippen molar-refractivity contribution in [1.82, 2.24) is 10.3 Å². The Labute approximate surface area is 144 Å². The molecule has 0 fully saturated rings. The van der Waals surface area contributed by atoms with Crippen LogP contribution in [0.15, 0.2) is 36.5 Å². The molecular formula is C17H19N3O5. The lowest BCUT2D eigenvalue weighted by molar-refractivity contribution is -0.389. The number of nitrogens with one attached hydrogen (secondary N) is 1. The van der Waals surface area contributed by atoms with Gasteiger partial charge < -0.3 is 24.9 Å². The number of carbonyl (C=O) groups excluding carboxylic acids is 1. The second kappa shape index (κ2) is 7.16. The van der Waals surface area contributed by atoms with Crippen molar-refractivity contribution in [3.63, 3.8) is 0 Å². The molecular weight excluding hydrogens is 326 g/mol. The molecule has 2 rings (SSSR count). The predicted molar refractivity (Wildman–Crippen MR) is 91.1 cm³/mol. The van der Waals surface area contributed by atoms with Gasteiger partial charge in [-0.05, 0) is 55.3 Å². The molecule has 1 amide bonds. The lowest BCUT2D eigenvalue weighted by Crippen LogP contribution is -2.42. The number of rotatable bonds is 4. The molecule has 1 aromatic carbocycles. The number of hydrogen-bond donors (Lipinski definition) is 1. The maximum absolute atomic E-state index is 11.8. The molecule has 0 radical (unpaired) electrons. The van der Waals surface area contributed by atoms with Crippen molar-refractivity contribution in [2.75, 3.05) is 0 Å². The van der Waals surface area contributed by atoms with Gasteiger partial charge in [-0.15, -0.1) is 0 Å².